The molecule has 0 saturated carbocycles. The van der Waals surface area contributed by atoms with Crippen LogP contribution in [-0.4, -0.2) is 12.9 Å². The molecule has 0 aliphatic rings. The average molecular weight is 281 g/mol. The minimum atomic E-state index is 0.0656. The predicted octanol–water partition coefficient (Wildman–Crippen LogP) is 4.14. The van der Waals surface area contributed by atoms with Crippen molar-refractivity contribution in [2.75, 3.05) is 7.11 Å². The molecule has 1 aromatic heterocycles. The van der Waals surface area contributed by atoms with Crippen molar-refractivity contribution in [1.29, 1.82) is 0 Å². The van der Waals surface area contributed by atoms with Gasteiger partial charge in [0.15, 0.2) is 5.78 Å². The molecule has 1 aromatic carbocycles. The van der Waals surface area contributed by atoms with E-state index in [0.717, 1.165) is 16.9 Å². The number of carbonyl (C=O) groups excluding carboxylic acids is 1. The number of ether oxygens (including phenoxy) is 1. The molecule has 0 radical (unpaired) electrons. The lowest BCUT2D eigenvalue weighted by molar-refractivity contribution is 0.0996. The second-order valence-electron chi connectivity index (χ2n) is 4.02. The molecule has 1 heterocycles. The summed E-state index contributed by atoms with van der Waals surface area (Å²) < 4.78 is 5.90. The smallest absolute Gasteiger partial charge is 0.177 e. The van der Waals surface area contributed by atoms with Crippen molar-refractivity contribution in [2.24, 2.45) is 0 Å². The summed E-state index contributed by atoms with van der Waals surface area (Å²) in [5, 5.41) is 0. The number of Topliss-reactive ketones (excluding diaryl/α,β-unsaturated/α-hetero) is 1. The molecular weight excluding hydrogens is 268 g/mol. The van der Waals surface area contributed by atoms with Gasteiger partial charge in [-0.25, -0.2) is 0 Å². The highest BCUT2D eigenvalue weighted by Crippen LogP contribution is 2.25. The number of hydrogen-bond acceptors (Lipinski definition) is 3. The Labute approximate surface area is 115 Å². The maximum absolute atomic E-state index is 12.1. The van der Waals surface area contributed by atoms with E-state index < -0.39 is 0 Å². The molecule has 0 saturated heterocycles. The molecule has 18 heavy (non-hydrogen) atoms. The lowest BCUT2D eigenvalue weighted by atomic mass is 10.0. The standard InChI is InChI=1S/C14H13ClO2S/c1-9-3-4-12(17-2)10(7-9)8-11(16)13-5-6-14(15)18-13/h3-7H,8H2,1-2H3. The van der Waals surface area contributed by atoms with E-state index in [2.05, 4.69) is 0 Å². The van der Waals surface area contributed by atoms with E-state index in [9.17, 15) is 4.79 Å². The predicted molar refractivity (Wildman–Crippen MR) is 75.1 cm³/mol. The highest BCUT2D eigenvalue weighted by molar-refractivity contribution is 7.18. The summed E-state index contributed by atoms with van der Waals surface area (Å²) in [5.41, 5.74) is 2.02. The molecule has 2 nitrogen and oxygen atoms in total. The van der Waals surface area contributed by atoms with E-state index >= 15 is 0 Å². The van der Waals surface area contributed by atoms with Crippen molar-refractivity contribution in [3.63, 3.8) is 0 Å². The molecule has 0 aliphatic heterocycles. The number of halogens is 1. The third-order valence-electron chi connectivity index (χ3n) is 2.63. The van der Waals surface area contributed by atoms with Gasteiger partial charge in [0.2, 0.25) is 0 Å². The van der Waals surface area contributed by atoms with Gasteiger partial charge in [0.25, 0.3) is 0 Å². The van der Waals surface area contributed by atoms with Gasteiger partial charge < -0.3 is 4.74 Å². The molecule has 0 bridgehead atoms. The van der Waals surface area contributed by atoms with Crippen LogP contribution in [0.1, 0.15) is 20.8 Å². The maximum Gasteiger partial charge on any atom is 0.177 e. The third-order valence-corrected chi connectivity index (χ3v) is 3.91. The molecule has 0 spiro atoms. The van der Waals surface area contributed by atoms with Crippen molar-refractivity contribution in [2.45, 2.75) is 13.3 Å². The Morgan fingerprint density at radius 2 is 2.11 bits per heavy atom. The molecule has 0 amide bonds. The van der Waals surface area contributed by atoms with Crippen LogP contribution in [0.4, 0.5) is 0 Å². The van der Waals surface area contributed by atoms with Crippen molar-refractivity contribution in [3.8, 4) is 5.75 Å². The summed E-state index contributed by atoms with van der Waals surface area (Å²) in [7, 11) is 1.61. The van der Waals surface area contributed by atoms with Crippen LogP contribution in [0.2, 0.25) is 4.34 Å². The molecule has 94 valence electrons. The van der Waals surface area contributed by atoms with Gasteiger partial charge in [-0.05, 0) is 25.1 Å². The summed E-state index contributed by atoms with van der Waals surface area (Å²) in [6.07, 6.45) is 0.335. The van der Waals surface area contributed by atoms with Gasteiger partial charge in [0, 0.05) is 12.0 Å². The first-order chi connectivity index (χ1) is 8.60. The lowest BCUT2D eigenvalue weighted by Gasteiger charge is -2.08. The summed E-state index contributed by atoms with van der Waals surface area (Å²) in [4.78, 5) is 12.8. The van der Waals surface area contributed by atoms with Gasteiger partial charge in [0.1, 0.15) is 5.75 Å². The Hall–Kier alpha value is -1.32. The zero-order valence-corrected chi connectivity index (χ0v) is 11.8. The normalized spacial score (nSPS) is 10.4. The van der Waals surface area contributed by atoms with Crippen molar-refractivity contribution >= 4 is 28.7 Å². The van der Waals surface area contributed by atoms with Crippen LogP contribution in [0.25, 0.3) is 0 Å². The molecule has 2 rings (SSSR count). The molecule has 2 aromatic rings. The zero-order valence-electron chi connectivity index (χ0n) is 10.2. The van der Waals surface area contributed by atoms with E-state index in [4.69, 9.17) is 16.3 Å². The molecular formula is C14H13ClO2S. The molecule has 0 fully saturated rings. The summed E-state index contributed by atoms with van der Waals surface area (Å²) in [5.74, 6) is 0.812. The zero-order chi connectivity index (χ0) is 13.1. The van der Waals surface area contributed by atoms with Crippen molar-refractivity contribution < 1.29 is 9.53 Å². The van der Waals surface area contributed by atoms with E-state index in [0.29, 0.717) is 15.6 Å². The first-order valence-electron chi connectivity index (χ1n) is 5.52. The van der Waals surface area contributed by atoms with Crippen LogP contribution in [0, 0.1) is 6.92 Å². The lowest BCUT2D eigenvalue weighted by Crippen LogP contribution is -2.03. The minimum absolute atomic E-state index is 0.0656. The van der Waals surface area contributed by atoms with Gasteiger partial charge in [-0.2, -0.15) is 0 Å². The molecule has 0 atom stereocenters. The number of hydrogen-bond donors (Lipinski definition) is 0. The third kappa shape index (κ3) is 2.92. The fourth-order valence-corrected chi connectivity index (χ4v) is 2.75. The van der Waals surface area contributed by atoms with E-state index in [1.54, 1.807) is 19.2 Å². The second-order valence-corrected chi connectivity index (χ2v) is 5.73. The highest BCUT2D eigenvalue weighted by Gasteiger charge is 2.13. The molecule has 0 unspecified atom stereocenters. The Morgan fingerprint density at radius 1 is 1.33 bits per heavy atom. The number of aryl methyl sites for hydroxylation is 1. The Bertz CT molecular complexity index is 575. The van der Waals surface area contributed by atoms with Gasteiger partial charge in [-0.3, -0.25) is 4.79 Å². The summed E-state index contributed by atoms with van der Waals surface area (Å²) in [6.45, 7) is 2.00. The fraction of sp³-hybridized carbons (Fsp3) is 0.214. The number of ketones is 1. The number of thiophene rings is 1. The van der Waals surface area contributed by atoms with Crippen LogP contribution in [-0.2, 0) is 6.42 Å². The first-order valence-corrected chi connectivity index (χ1v) is 6.71. The van der Waals surface area contributed by atoms with Crippen LogP contribution in [0.3, 0.4) is 0 Å². The Balaban J connectivity index is 2.23. The number of benzene rings is 1. The number of rotatable bonds is 4. The SMILES string of the molecule is COc1ccc(C)cc1CC(=O)c1ccc(Cl)s1. The van der Waals surface area contributed by atoms with E-state index in [1.807, 2.05) is 25.1 Å². The van der Waals surface area contributed by atoms with Crippen molar-refractivity contribution in [3.05, 3.63) is 50.7 Å². The van der Waals surface area contributed by atoms with Crippen LogP contribution >= 0.6 is 22.9 Å². The van der Waals surface area contributed by atoms with Crippen LogP contribution < -0.4 is 4.74 Å². The fourth-order valence-electron chi connectivity index (χ4n) is 1.77. The highest BCUT2D eigenvalue weighted by atomic mass is 35.5. The van der Waals surface area contributed by atoms with E-state index in [-0.39, 0.29) is 5.78 Å². The summed E-state index contributed by atoms with van der Waals surface area (Å²) >= 11 is 7.14. The molecule has 0 N–H and O–H groups in total. The van der Waals surface area contributed by atoms with Gasteiger partial charge in [0.05, 0.1) is 16.3 Å². The van der Waals surface area contributed by atoms with Crippen molar-refractivity contribution in [1.82, 2.24) is 0 Å². The molecule has 0 aliphatic carbocycles. The quantitative estimate of drug-likeness (QED) is 0.787. The minimum Gasteiger partial charge on any atom is -0.496 e. The average Bonchev–Trinajstić information content (AvgIpc) is 2.76. The number of carbonyl (C=O) groups is 1. The van der Waals surface area contributed by atoms with Crippen LogP contribution in [0.15, 0.2) is 30.3 Å². The van der Waals surface area contributed by atoms with Gasteiger partial charge >= 0.3 is 0 Å². The van der Waals surface area contributed by atoms with Crippen LogP contribution in [0.5, 0.6) is 5.75 Å². The molecule has 4 heteroatoms. The summed E-state index contributed by atoms with van der Waals surface area (Å²) in [6, 6.07) is 9.34. The Morgan fingerprint density at radius 3 is 2.72 bits per heavy atom. The Kier molecular flexibility index (Phi) is 4.04. The largest absolute Gasteiger partial charge is 0.496 e. The van der Waals surface area contributed by atoms with Gasteiger partial charge in [-0.15, -0.1) is 11.3 Å². The maximum atomic E-state index is 12.1. The van der Waals surface area contributed by atoms with Gasteiger partial charge in [-0.1, -0.05) is 29.3 Å². The topological polar surface area (TPSA) is 26.3 Å². The first kappa shape index (κ1) is 13.1. The monoisotopic (exact) mass is 280 g/mol. The van der Waals surface area contributed by atoms with E-state index in [1.165, 1.54) is 11.3 Å². The number of methoxy groups -OCH3 is 1. The second kappa shape index (κ2) is 5.55.